The molecule has 0 aromatic heterocycles. The van der Waals surface area contributed by atoms with Crippen molar-refractivity contribution >= 4 is 21.6 Å². The number of amides is 1. The molecule has 0 saturated carbocycles. The summed E-state index contributed by atoms with van der Waals surface area (Å²) in [6.07, 6.45) is 0.349. The number of sulfonamides is 1. The predicted molar refractivity (Wildman–Crippen MR) is 118 cm³/mol. The van der Waals surface area contributed by atoms with Crippen molar-refractivity contribution in [3.8, 4) is 23.0 Å². The van der Waals surface area contributed by atoms with E-state index in [-0.39, 0.29) is 12.5 Å². The van der Waals surface area contributed by atoms with Gasteiger partial charge in [-0.15, -0.1) is 0 Å². The molecule has 9 nitrogen and oxygen atoms in total. The van der Waals surface area contributed by atoms with Crippen molar-refractivity contribution < 1.29 is 32.2 Å². The van der Waals surface area contributed by atoms with Gasteiger partial charge in [-0.05, 0) is 43.3 Å². The molecule has 0 aliphatic rings. The minimum atomic E-state index is -3.35. The summed E-state index contributed by atoms with van der Waals surface area (Å²) in [7, 11) is 2.66. The van der Waals surface area contributed by atoms with Crippen LogP contribution in [0.15, 0.2) is 36.4 Å². The molecule has 10 heteroatoms. The third-order valence-electron chi connectivity index (χ3n) is 4.62. The van der Waals surface area contributed by atoms with E-state index in [9.17, 15) is 13.2 Å². The lowest BCUT2D eigenvalue weighted by atomic mass is 10.1. The van der Waals surface area contributed by atoms with Crippen molar-refractivity contribution in [1.82, 2.24) is 5.32 Å². The van der Waals surface area contributed by atoms with E-state index in [4.69, 9.17) is 18.9 Å². The van der Waals surface area contributed by atoms with Crippen LogP contribution >= 0.6 is 0 Å². The molecule has 0 heterocycles. The second-order valence-electron chi connectivity index (χ2n) is 6.70. The quantitative estimate of drug-likeness (QED) is 0.589. The lowest BCUT2D eigenvalue weighted by Gasteiger charge is -2.19. The van der Waals surface area contributed by atoms with Crippen molar-refractivity contribution in [2.75, 3.05) is 38.9 Å². The summed E-state index contributed by atoms with van der Waals surface area (Å²) < 4.78 is 46.1. The molecule has 0 radical (unpaired) electrons. The van der Waals surface area contributed by atoms with E-state index in [0.29, 0.717) is 34.2 Å². The molecule has 0 fully saturated rings. The molecule has 0 bridgehead atoms. The van der Waals surface area contributed by atoms with E-state index in [0.717, 1.165) is 10.6 Å². The number of ether oxygens (including phenoxy) is 4. The maximum absolute atomic E-state index is 12.5. The van der Waals surface area contributed by atoms with Gasteiger partial charge >= 0.3 is 0 Å². The SMILES string of the molecule is COc1ccc(CNC(=O)[C@H](C)Oc2ccc(N(C)S(C)(=O)=O)cc2)c(OC)c1OC. The van der Waals surface area contributed by atoms with Crippen LogP contribution in [0, 0.1) is 0 Å². The van der Waals surface area contributed by atoms with Crippen LogP contribution in [0.4, 0.5) is 5.69 Å². The monoisotopic (exact) mass is 452 g/mol. The third-order valence-corrected chi connectivity index (χ3v) is 5.82. The lowest BCUT2D eigenvalue weighted by Crippen LogP contribution is -2.36. The van der Waals surface area contributed by atoms with E-state index in [2.05, 4.69) is 5.32 Å². The minimum absolute atomic E-state index is 0.203. The molecular weight excluding hydrogens is 424 g/mol. The van der Waals surface area contributed by atoms with Gasteiger partial charge in [0.2, 0.25) is 15.8 Å². The molecule has 0 saturated heterocycles. The molecule has 0 unspecified atom stereocenters. The second-order valence-corrected chi connectivity index (χ2v) is 8.71. The summed E-state index contributed by atoms with van der Waals surface area (Å²) in [6, 6.07) is 9.95. The fourth-order valence-electron chi connectivity index (χ4n) is 2.81. The molecule has 170 valence electrons. The average Bonchev–Trinajstić information content (AvgIpc) is 2.75. The number of methoxy groups -OCH3 is 3. The number of benzene rings is 2. The Morgan fingerprint density at radius 2 is 1.61 bits per heavy atom. The fraction of sp³-hybridized carbons (Fsp3) is 0.381. The Bertz CT molecular complexity index is 1010. The van der Waals surface area contributed by atoms with Crippen molar-refractivity contribution in [2.45, 2.75) is 19.6 Å². The molecule has 1 N–H and O–H groups in total. The first-order chi connectivity index (χ1) is 14.6. The zero-order valence-electron chi connectivity index (χ0n) is 18.5. The Kier molecular flexibility index (Phi) is 7.98. The first-order valence-electron chi connectivity index (χ1n) is 9.38. The molecule has 0 spiro atoms. The molecule has 2 rings (SSSR count). The fourth-order valence-corrected chi connectivity index (χ4v) is 3.32. The zero-order chi connectivity index (χ0) is 23.2. The Balaban J connectivity index is 2.02. The van der Waals surface area contributed by atoms with Gasteiger partial charge in [0.15, 0.2) is 17.6 Å². The summed E-state index contributed by atoms with van der Waals surface area (Å²) >= 11 is 0. The summed E-state index contributed by atoms with van der Waals surface area (Å²) in [5, 5.41) is 2.80. The number of carbonyl (C=O) groups is 1. The van der Waals surface area contributed by atoms with Crippen LogP contribution in [-0.2, 0) is 21.4 Å². The first kappa shape index (κ1) is 24.1. The van der Waals surface area contributed by atoms with Crippen LogP contribution in [0.5, 0.6) is 23.0 Å². The highest BCUT2D eigenvalue weighted by Gasteiger charge is 2.19. The highest BCUT2D eigenvalue weighted by Crippen LogP contribution is 2.39. The Hall–Kier alpha value is -3.14. The van der Waals surface area contributed by atoms with Gasteiger partial charge in [-0.2, -0.15) is 0 Å². The van der Waals surface area contributed by atoms with Crippen LogP contribution < -0.4 is 28.6 Å². The van der Waals surface area contributed by atoms with Crippen LogP contribution in [-0.4, -0.2) is 55.1 Å². The molecule has 31 heavy (non-hydrogen) atoms. The van der Waals surface area contributed by atoms with E-state index in [1.165, 1.54) is 28.4 Å². The van der Waals surface area contributed by atoms with Crippen molar-refractivity contribution in [3.63, 3.8) is 0 Å². The average molecular weight is 453 g/mol. The molecular formula is C21H28N2O7S. The first-order valence-corrected chi connectivity index (χ1v) is 11.2. The van der Waals surface area contributed by atoms with Gasteiger partial charge in [0.05, 0.1) is 33.3 Å². The van der Waals surface area contributed by atoms with Gasteiger partial charge in [0, 0.05) is 19.2 Å². The molecule has 1 atom stereocenters. The van der Waals surface area contributed by atoms with Gasteiger partial charge in [-0.25, -0.2) is 8.42 Å². The van der Waals surface area contributed by atoms with Crippen molar-refractivity contribution in [1.29, 1.82) is 0 Å². The molecule has 0 aliphatic heterocycles. The van der Waals surface area contributed by atoms with Crippen LogP contribution in [0.2, 0.25) is 0 Å². The summed E-state index contributed by atoms with van der Waals surface area (Å²) in [6.45, 7) is 1.83. The topological polar surface area (TPSA) is 103 Å². The maximum Gasteiger partial charge on any atom is 0.261 e. The molecule has 2 aromatic carbocycles. The lowest BCUT2D eigenvalue weighted by molar-refractivity contribution is -0.127. The second kappa shape index (κ2) is 10.3. The van der Waals surface area contributed by atoms with Gasteiger partial charge in [-0.3, -0.25) is 9.10 Å². The standard InChI is InChI=1S/C21H28N2O7S/c1-14(30-17-10-8-16(9-11-17)23(2)31(6,25)26)21(24)22-13-15-7-12-18(27-3)20(29-5)19(15)28-4/h7-12,14H,13H2,1-6H3,(H,22,24)/t14-/m0/s1. The van der Waals surface area contributed by atoms with E-state index in [1.54, 1.807) is 43.3 Å². The van der Waals surface area contributed by atoms with Crippen LogP contribution in [0.25, 0.3) is 0 Å². The zero-order valence-corrected chi connectivity index (χ0v) is 19.3. The van der Waals surface area contributed by atoms with Gasteiger partial charge in [-0.1, -0.05) is 0 Å². The molecule has 2 aromatic rings. The van der Waals surface area contributed by atoms with E-state index >= 15 is 0 Å². The summed E-state index contributed by atoms with van der Waals surface area (Å²) in [5.41, 5.74) is 1.21. The Morgan fingerprint density at radius 3 is 2.13 bits per heavy atom. The molecule has 0 aliphatic carbocycles. The number of hydrogen-bond donors (Lipinski definition) is 1. The third kappa shape index (κ3) is 5.94. The summed E-state index contributed by atoms with van der Waals surface area (Å²) in [4.78, 5) is 12.5. The van der Waals surface area contributed by atoms with E-state index < -0.39 is 16.1 Å². The van der Waals surface area contributed by atoms with E-state index in [1.807, 2.05) is 0 Å². The Labute approximate surface area is 182 Å². The van der Waals surface area contributed by atoms with Crippen molar-refractivity contribution in [2.24, 2.45) is 0 Å². The Morgan fingerprint density at radius 1 is 1.00 bits per heavy atom. The van der Waals surface area contributed by atoms with Gasteiger partial charge in [0.1, 0.15) is 5.75 Å². The highest BCUT2D eigenvalue weighted by atomic mass is 32.2. The number of rotatable bonds is 10. The number of hydrogen-bond acceptors (Lipinski definition) is 7. The number of nitrogens with zero attached hydrogens (tertiary/aromatic N) is 1. The van der Waals surface area contributed by atoms with Gasteiger partial charge in [0.25, 0.3) is 5.91 Å². The normalized spacial score (nSPS) is 11.9. The number of carbonyl (C=O) groups excluding carboxylic acids is 1. The molecule has 1 amide bonds. The number of anilines is 1. The smallest absolute Gasteiger partial charge is 0.261 e. The van der Waals surface area contributed by atoms with Crippen LogP contribution in [0.3, 0.4) is 0 Å². The predicted octanol–water partition coefficient (Wildman–Crippen LogP) is 2.19. The number of nitrogens with one attached hydrogen (secondary N) is 1. The maximum atomic E-state index is 12.5. The summed E-state index contributed by atoms with van der Waals surface area (Å²) in [5.74, 6) is 1.56. The van der Waals surface area contributed by atoms with Crippen LogP contribution in [0.1, 0.15) is 12.5 Å². The highest BCUT2D eigenvalue weighted by molar-refractivity contribution is 7.92. The van der Waals surface area contributed by atoms with Gasteiger partial charge < -0.3 is 24.3 Å². The van der Waals surface area contributed by atoms with Crippen molar-refractivity contribution in [3.05, 3.63) is 42.0 Å². The largest absolute Gasteiger partial charge is 0.493 e. The minimum Gasteiger partial charge on any atom is -0.493 e.